The van der Waals surface area contributed by atoms with Gasteiger partial charge in [-0.15, -0.1) is 11.8 Å². The smallest absolute Gasteiger partial charge is 0.230 e. The number of nitrogens with zero attached hydrogens (tertiary/aromatic N) is 3. The first kappa shape index (κ1) is 16.8. The van der Waals surface area contributed by atoms with E-state index in [-0.39, 0.29) is 11.9 Å². The Morgan fingerprint density at radius 2 is 2.08 bits per heavy atom. The first-order chi connectivity index (χ1) is 11.7. The predicted molar refractivity (Wildman–Crippen MR) is 97.3 cm³/mol. The van der Waals surface area contributed by atoms with Crippen LogP contribution >= 0.6 is 11.8 Å². The summed E-state index contributed by atoms with van der Waals surface area (Å²) in [6, 6.07) is 10.1. The molecule has 0 radical (unpaired) electrons. The molecule has 24 heavy (non-hydrogen) atoms. The molecule has 1 atom stereocenters. The summed E-state index contributed by atoms with van der Waals surface area (Å²) in [7, 11) is 0. The maximum atomic E-state index is 12.3. The molecule has 1 aromatic carbocycles. The van der Waals surface area contributed by atoms with Crippen LogP contribution in [0.15, 0.2) is 47.6 Å². The van der Waals surface area contributed by atoms with Crippen LogP contribution in [0.5, 0.6) is 0 Å². The number of amides is 1. The summed E-state index contributed by atoms with van der Waals surface area (Å²) in [6.45, 7) is 3.78. The molecule has 0 aliphatic carbocycles. The minimum atomic E-state index is 0.0871. The van der Waals surface area contributed by atoms with Gasteiger partial charge in [0.2, 0.25) is 11.9 Å². The van der Waals surface area contributed by atoms with Crippen molar-refractivity contribution in [3.8, 4) is 0 Å². The number of piperidine rings is 1. The topological polar surface area (TPSA) is 58.1 Å². The lowest BCUT2D eigenvalue weighted by Crippen LogP contribution is -2.48. The Kier molecular flexibility index (Phi) is 5.69. The van der Waals surface area contributed by atoms with E-state index in [0.29, 0.717) is 5.75 Å². The van der Waals surface area contributed by atoms with Gasteiger partial charge in [0.25, 0.3) is 0 Å². The number of aryl methyl sites for hydroxylation is 1. The summed E-state index contributed by atoms with van der Waals surface area (Å²) in [5, 5.41) is 3.15. The molecule has 0 saturated carbocycles. The highest BCUT2D eigenvalue weighted by Crippen LogP contribution is 2.21. The minimum absolute atomic E-state index is 0.0871. The third-order valence-corrected chi connectivity index (χ3v) is 5.25. The predicted octanol–water partition coefficient (Wildman–Crippen LogP) is 2.66. The zero-order valence-corrected chi connectivity index (χ0v) is 14.6. The normalized spacial score (nSPS) is 17.5. The van der Waals surface area contributed by atoms with Crippen molar-refractivity contribution in [2.75, 3.05) is 23.7 Å². The largest absolute Gasteiger partial charge is 0.351 e. The van der Waals surface area contributed by atoms with Crippen LogP contribution in [0, 0.1) is 6.92 Å². The minimum Gasteiger partial charge on any atom is -0.351 e. The van der Waals surface area contributed by atoms with Gasteiger partial charge in [0.15, 0.2) is 0 Å². The molecule has 2 heterocycles. The molecule has 1 fully saturated rings. The fourth-order valence-corrected chi connectivity index (χ4v) is 3.70. The second-order valence-electron chi connectivity index (χ2n) is 5.96. The second kappa shape index (κ2) is 8.15. The fraction of sp³-hybridized carbons (Fsp3) is 0.389. The van der Waals surface area contributed by atoms with Crippen LogP contribution in [-0.2, 0) is 4.79 Å². The number of rotatable bonds is 5. The molecule has 1 N–H and O–H groups in total. The Morgan fingerprint density at radius 3 is 2.88 bits per heavy atom. The Morgan fingerprint density at radius 1 is 1.29 bits per heavy atom. The number of thioether (sulfide) groups is 1. The van der Waals surface area contributed by atoms with Crippen LogP contribution in [0.3, 0.4) is 0 Å². The van der Waals surface area contributed by atoms with Crippen molar-refractivity contribution < 1.29 is 4.79 Å². The van der Waals surface area contributed by atoms with E-state index in [1.165, 1.54) is 5.56 Å². The van der Waals surface area contributed by atoms with Crippen molar-refractivity contribution in [2.24, 2.45) is 0 Å². The number of anilines is 1. The lowest BCUT2D eigenvalue weighted by Gasteiger charge is -2.33. The molecule has 1 saturated heterocycles. The van der Waals surface area contributed by atoms with Crippen molar-refractivity contribution >= 4 is 23.6 Å². The maximum absolute atomic E-state index is 12.3. The van der Waals surface area contributed by atoms with Gasteiger partial charge in [0.1, 0.15) is 0 Å². The van der Waals surface area contributed by atoms with Gasteiger partial charge in [0.05, 0.1) is 5.75 Å². The molecule has 1 aliphatic heterocycles. The summed E-state index contributed by atoms with van der Waals surface area (Å²) in [6.07, 6.45) is 5.55. The van der Waals surface area contributed by atoms with Gasteiger partial charge < -0.3 is 10.2 Å². The van der Waals surface area contributed by atoms with E-state index in [0.717, 1.165) is 36.8 Å². The van der Waals surface area contributed by atoms with Crippen LogP contribution in [0.25, 0.3) is 0 Å². The van der Waals surface area contributed by atoms with Gasteiger partial charge >= 0.3 is 0 Å². The van der Waals surface area contributed by atoms with Crippen LogP contribution in [-0.4, -0.2) is 40.8 Å². The first-order valence-electron chi connectivity index (χ1n) is 8.22. The molecular formula is C18H22N4OS. The second-order valence-corrected chi connectivity index (χ2v) is 6.97. The van der Waals surface area contributed by atoms with E-state index in [9.17, 15) is 4.79 Å². The molecule has 6 heteroatoms. The molecule has 3 rings (SSSR count). The van der Waals surface area contributed by atoms with E-state index in [1.54, 1.807) is 24.2 Å². The summed E-state index contributed by atoms with van der Waals surface area (Å²) in [4.78, 5) is 24.2. The molecule has 1 amide bonds. The molecule has 2 aromatic rings. The zero-order valence-electron chi connectivity index (χ0n) is 13.8. The third-order valence-electron chi connectivity index (χ3n) is 4.07. The SMILES string of the molecule is Cc1ccccc1SCC(=O)NC1CCCN(c2ncccn2)C1. The number of benzene rings is 1. The van der Waals surface area contributed by atoms with E-state index in [2.05, 4.69) is 39.2 Å². The first-order valence-corrected chi connectivity index (χ1v) is 9.20. The fourth-order valence-electron chi connectivity index (χ4n) is 2.86. The van der Waals surface area contributed by atoms with Crippen molar-refractivity contribution in [1.29, 1.82) is 0 Å². The zero-order chi connectivity index (χ0) is 16.8. The van der Waals surface area contributed by atoms with Crippen molar-refractivity contribution in [2.45, 2.75) is 30.7 Å². The van der Waals surface area contributed by atoms with Crippen LogP contribution in [0.2, 0.25) is 0 Å². The van der Waals surface area contributed by atoms with E-state index < -0.39 is 0 Å². The summed E-state index contributed by atoms with van der Waals surface area (Å²) >= 11 is 1.59. The van der Waals surface area contributed by atoms with E-state index in [1.807, 2.05) is 18.2 Å². The highest BCUT2D eigenvalue weighted by Gasteiger charge is 2.22. The number of carbonyl (C=O) groups is 1. The quantitative estimate of drug-likeness (QED) is 0.847. The molecule has 1 unspecified atom stereocenters. The van der Waals surface area contributed by atoms with Gasteiger partial charge in [-0.05, 0) is 37.5 Å². The molecule has 0 bridgehead atoms. The number of carbonyl (C=O) groups excluding carboxylic acids is 1. The number of hydrogen-bond acceptors (Lipinski definition) is 5. The summed E-state index contributed by atoms with van der Waals surface area (Å²) in [5.74, 6) is 1.28. The summed E-state index contributed by atoms with van der Waals surface area (Å²) < 4.78 is 0. The van der Waals surface area contributed by atoms with Gasteiger partial charge in [-0.2, -0.15) is 0 Å². The lowest BCUT2D eigenvalue weighted by molar-refractivity contribution is -0.119. The molecule has 126 valence electrons. The Balaban J connectivity index is 1.50. The highest BCUT2D eigenvalue weighted by molar-refractivity contribution is 8.00. The average molecular weight is 342 g/mol. The van der Waals surface area contributed by atoms with Crippen LogP contribution in [0.4, 0.5) is 5.95 Å². The average Bonchev–Trinajstić information content (AvgIpc) is 2.62. The number of aromatic nitrogens is 2. The Labute approximate surface area is 146 Å². The lowest BCUT2D eigenvalue weighted by atomic mass is 10.1. The standard InChI is InChI=1S/C18H22N4OS/c1-14-6-2-3-8-16(14)24-13-17(23)21-15-7-4-11-22(12-15)18-19-9-5-10-20-18/h2-3,5-6,8-10,15H,4,7,11-13H2,1H3,(H,21,23). The molecular weight excluding hydrogens is 320 g/mol. The van der Waals surface area contributed by atoms with Crippen LogP contribution < -0.4 is 10.2 Å². The number of nitrogens with one attached hydrogen (secondary N) is 1. The number of hydrogen-bond donors (Lipinski definition) is 1. The molecule has 1 aromatic heterocycles. The van der Waals surface area contributed by atoms with E-state index in [4.69, 9.17) is 0 Å². The Hall–Kier alpha value is -2.08. The molecule has 5 nitrogen and oxygen atoms in total. The van der Waals surface area contributed by atoms with Gasteiger partial charge in [-0.3, -0.25) is 4.79 Å². The van der Waals surface area contributed by atoms with E-state index >= 15 is 0 Å². The molecule has 1 aliphatic rings. The third kappa shape index (κ3) is 4.47. The van der Waals surface area contributed by atoms with Crippen molar-refractivity contribution in [3.63, 3.8) is 0 Å². The molecule has 0 spiro atoms. The van der Waals surface area contributed by atoms with Gasteiger partial charge in [0, 0.05) is 36.4 Å². The maximum Gasteiger partial charge on any atom is 0.230 e. The monoisotopic (exact) mass is 342 g/mol. The van der Waals surface area contributed by atoms with Crippen LogP contribution in [0.1, 0.15) is 18.4 Å². The van der Waals surface area contributed by atoms with Gasteiger partial charge in [-0.25, -0.2) is 9.97 Å². The summed E-state index contributed by atoms with van der Waals surface area (Å²) in [5.41, 5.74) is 1.21. The van der Waals surface area contributed by atoms with Crippen molar-refractivity contribution in [3.05, 3.63) is 48.3 Å². The van der Waals surface area contributed by atoms with Gasteiger partial charge in [-0.1, -0.05) is 18.2 Å². The van der Waals surface area contributed by atoms with Crippen molar-refractivity contribution in [1.82, 2.24) is 15.3 Å². The Bertz CT molecular complexity index is 680. The highest BCUT2D eigenvalue weighted by atomic mass is 32.2.